The van der Waals surface area contributed by atoms with E-state index in [0.29, 0.717) is 10.6 Å². The first kappa shape index (κ1) is 19.9. The first-order valence-electron chi connectivity index (χ1n) is 7.70. The molecule has 0 aliphatic carbocycles. The van der Waals surface area contributed by atoms with Crippen LogP contribution in [0.5, 0.6) is 0 Å². The first-order chi connectivity index (χ1) is 12.8. The third-order valence-corrected chi connectivity index (χ3v) is 4.30. The topological polar surface area (TPSA) is 144 Å². The van der Waals surface area contributed by atoms with E-state index < -0.39 is 28.0 Å². The molecule has 2 aromatic carbocycles. The van der Waals surface area contributed by atoms with Crippen LogP contribution in [0.25, 0.3) is 0 Å². The Hall–Kier alpha value is -3.40. The minimum absolute atomic E-state index is 0.0914. The van der Waals surface area contributed by atoms with E-state index in [4.69, 9.17) is 5.73 Å². The number of anilines is 1. The summed E-state index contributed by atoms with van der Waals surface area (Å²) in [6.45, 7) is 1.46. The maximum Gasteiger partial charge on any atom is 0.288 e. The summed E-state index contributed by atoms with van der Waals surface area (Å²) in [6, 6.07) is 10.9. The normalized spacial score (nSPS) is 11.3. The second kappa shape index (κ2) is 8.81. The fourth-order valence-electron chi connectivity index (χ4n) is 2.00. The van der Waals surface area contributed by atoms with Gasteiger partial charge in [-0.15, -0.1) is 0 Å². The standard InChI is InChI=1S/C17H16N4O5S/c1-10(15(18)22)19-16(23)13-4-2-3-5-14(13)27-17(24)20-11-6-8-12(9-7-11)21(25)26/h2-10H,1H3,(H2,18,22)(H,19,23)(H,20,24)/t10-/m1/s1. The molecule has 0 aliphatic heterocycles. The average Bonchev–Trinajstić information content (AvgIpc) is 2.62. The van der Waals surface area contributed by atoms with Crippen LogP contribution in [-0.4, -0.2) is 28.0 Å². The summed E-state index contributed by atoms with van der Waals surface area (Å²) in [7, 11) is 0. The van der Waals surface area contributed by atoms with Gasteiger partial charge in [-0.2, -0.15) is 0 Å². The number of hydrogen-bond acceptors (Lipinski definition) is 6. The molecule has 4 N–H and O–H groups in total. The van der Waals surface area contributed by atoms with Gasteiger partial charge in [0.15, 0.2) is 0 Å². The molecule has 0 aliphatic rings. The van der Waals surface area contributed by atoms with Gasteiger partial charge in [0.25, 0.3) is 16.8 Å². The lowest BCUT2D eigenvalue weighted by atomic mass is 10.2. The number of benzene rings is 2. The number of carbonyl (C=O) groups is 3. The van der Waals surface area contributed by atoms with Crippen LogP contribution in [0.3, 0.4) is 0 Å². The fourth-order valence-corrected chi connectivity index (χ4v) is 2.78. The van der Waals surface area contributed by atoms with Crippen molar-refractivity contribution in [2.24, 2.45) is 5.73 Å². The lowest BCUT2D eigenvalue weighted by Gasteiger charge is -2.12. The molecule has 2 rings (SSSR count). The van der Waals surface area contributed by atoms with E-state index in [2.05, 4.69) is 10.6 Å². The Labute approximate surface area is 158 Å². The summed E-state index contributed by atoms with van der Waals surface area (Å²) in [4.78, 5) is 46.1. The van der Waals surface area contributed by atoms with E-state index >= 15 is 0 Å². The molecule has 0 aromatic heterocycles. The number of nitro groups is 1. The molecule has 27 heavy (non-hydrogen) atoms. The quantitative estimate of drug-likeness (QED) is 0.394. The maximum absolute atomic E-state index is 12.3. The SMILES string of the molecule is C[C@@H](NC(=O)c1ccccc1SC(=O)Nc1ccc([N+](=O)[O-])cc1)C(N)=O. The molecule has 2 aromatic rings. The largest absolute Gasteiger partial charge is 0.368 e. The predicted octanol–water partition coefficient (Wildman–Crippen LogP) is 2.52. The van der Waals surface area contributed by atoms with Crippen molar-refractivity contribution < 1.29 is 19.3 Å². The minimum atomic E-state index is -0.857. The Bertz CT molecular complexity index is 885. The molecule has 0 saturated carbocycles. The summed E-state index contributed by atoms with van der Waals surface area (Å²) >= 11 is 0.778. The third kappa shape index (κ3) is 5.54. The monoisotopic (exact) mass is 388 g/mol. The minimum Gasteiger partial charge on any atom is -0.368 e. The summed E-state index contributed by atoms with van der Waals surface area (Å²) in [5, 5.41) is 15.2. The molecule has 1 atom stereocenters. The Balaban J connectivity index is 2.08. The molecule has 140 valence electrons. The van der Waals surface area contributed by atoms with Crippen LogP contribution in [0.1, 0.15) is 17.3 Å². The van der Waals surface area contributed by atoms with Crippen LogP contribution in [0.4, 0.5) is 16.2 Å². The highest BCUT2D eigenvalue weighted by molar-refractivity contribution is 8.14. The number of nitrogens with one attached hydrogen (secondary N) is 2. The zero-order valence-electron chi connectivity index (χ0n) is 14.2. The van der Waals surface area contributed by atoms with E-state index in [9.17, 15) is 24.5 Å². The molecular weight excluding hydrogens is 372 g/mol. The van der Waals surface area contributed by atoms with Crippen molar-refractivity contribution in [3.8, 4) is 0 Å². The number of nitrogens with two attached hydrogens (primary N) is 1. The van der Waals surface area contributed by atoms with Crippen LogP contribution in [0.15, 0.2) is 53.4 Å². The van der Waals surface area contributed by atoms with Gasteiger partial charge in [0, 0.05) is 22.7 Å². The smallest absolute Gasteiger partial charge is 0.288 e. The lowest BCUT2D eigenvalue weighted by Crippen LogP contribution is -2.42. The van der Waals surface area contributed by atoms with E-state index in [1.165, 1.54) is 37.3 Å². The molecule has 10 heteroatoms. The lowest BCUT2D eigenvalue weighted by molar-refractivity contribution is -0.384. The van der Waals surface area contributed by atoms with Crippen molar-refractivity contribution in [1.82, 2.24) is 5.32 Å². The maximum atomic E-state index is 12.3. The average molecular weight is 388 g/mol. The van der Waals surface area contributed by atoms with Crippen molar-refractivity contribution in [3.63, 3.8) is 0 Å². The van der Waals surface area contributed by atoms with Gasteiger partial charge in [0.1, 0.15) is 6.04 Å². The number of rotatable bonds is 6. The van der Waals surface area contributed by atoms with Gasteiger partial charge in [-0.3, -0.25) is 24.5 Å². The van der Waals surface area contributed by atoms with Crippen LogP contribution < -0.4 is 16.4 Å². The number of nitro benzene ring substituents is 1. The summed E-state index contributed by atoms with van der Waals surface area (Å²) in [6.07, 6.45) is 0. The molecule has 0 saturated heterocycles. The number of nitrogens with zero attached hydrogens (tertiary/aromatic N) is 1. The van der Waals surface area contributed by atoms with Gasteiger partial charge >= 0.3 is 0 Å². The van der Waals surface area contributed by atoms with Gasteiger partial charge in [-0.05, 0) is 43.0 Å². The zero-order valence-corrected chi connectivity index (χ0v) is 15.0. The van der Waals surface area contributed by atoms with Crippen molar-refractivity contribution >= 4 is 40.2 Å². The summed E-state index contributed by atoms with van der Waals surface area (Å²) in [5.41, 5.74) is 5.63. The molecule has 0 unspecified atom stereocenters. The second-order valence-corrected chi connectivity index (χ2v) is 6.43. The third-order valence-electron chi connectivity index (χ3n) is 3.43. The highest BCUT2D eigenvalue weighted by Crippen LogP contribution is 2.25. The number of primary amides is 1. The number of carbonyl (C=O) groups excluding carboxylic acids is 3. The number of non-ortho nitro benzene ring substituents is 1. The Morgan fingerprint density at radius 1 is 1.11 bits per heavy atom. The fraction of sp³-hybridized carbons (Fsp3) is 0.118. The van der Waals surface area contributed by atoms with Crippen LogP contribution in [0.2, 0.25) is 0 Å². The molecule has 9 nitrogen and oxygen atoms in total. The molecule has 0 fully saturated rings. The van der Waals surface area contributed by atoms with Crippen molar-refractivity contribution in [2.45, 2.75) is 17.9 Å². The van der Waals surface area contributed by atoms with Crippen molar-refractivity contribution in [2.75, 3.05) is 5.32 Å². The molecule has 0 spiro atoms. The van der Waals surface area contributed by atoms with Crippen LogP contribution in [-0.2, 0) is 4.79 Å². The molecule has 3 amide bonds. The number of amides is 3. The van der Waals surface area contributed by atoms with E-state index in [0.717, 1.165) is 11.8 Å². The van der Waals surface area contributed by atoms with E-state index in [1.807, 2.05) is 0 Å². The summed E-state index contributed by atoms with van der Waals surface area (Å²) < 4.78 is 0. The van der Waals surface area contributed by atoms with Crippen molar-refractivity contribution in [3.05, 3.63) is 64.2 Å². The molecule has 0 bridgehead atoms. The van der Waals surface area contributed by atoms with Crippen LogP contribution >= 0.6 is 11.8 Å². The Kier molecular flexibility index (Phi) is 6.50. The van der Waals surface area contributed by atoms with Gasteiger partial charge in [-0.1, -0.05) is 12.1 Å². The van der Waals surface area contributed by atoms with Gasteiger partial charge in [0.2, 0.25) is 5.91 Å². The first-order valence-corrected chi connectivity index (χ1v) is 8.52. The van der Waals surface area contributed by atoms with Crippen LogP contribution in [0, 0.1) is 10.1 Å². The van der Waals surface area contributed by atoms with E-state index in [1.54, 1.807) is 18.2 Å². The second-order valence-electron chi connectivity index (χ2n) is 5.41. The van der Waals surface area contributed by atoms with Gasteiger partial charge < -0.3 is 16.4 Å². The highest BCUT2D eigenvalue weighted by atomic mass is 32.2. The van der Waals surface area contributed by atoms with E-state index in [-0.39, 0.29) is 11.3 Å². The van der Waals surface area contributed by atoms with Gasteiger partial charge in [-0.25, -0.2) is 0 Å². The Morgan fingerprint density at radius 2 is 1.74 bits per heavy atom. The Morgan fingerprint density at radius 3 is 2.33 bits per heavy atom. The summed E-state index contributed by atoms with van der Waals surface area (Å²) in [5.74, 6) is -1.21. The molecule has 0 heterocycles. The van der Waals surface area contributed by atoms with Crippen molar-refractivity contribution in [1.29, 1.82) is 0 Å². The number of hydrogen-bond donors (Lipinski definition) is 3. The van der Waals surface area contributed by atoms with Gasteiger partial charge in [0.05, 0.1) is 10.5 Å². The molecular formula is C17H16N4O5S. The predicted molar refractivity (Wildman–Crippen MR) is 101 cm³/mol. The molecule has 0 radical (unpaired) electrons. The number of thioether (sulfide) groups is 1. The highest BCUT2D eigenvalue weighted by Gasteiger charge is 2.18. The zero-order chi connectivity index (χ0) is 20.0.